The van der Waals surface area contributed by atoms with Crippen LogP contribution in [-0.2, 0) is 6.54 Å². The molecule has 2 aromatic carbocycles. The summed E-state index contributed by atoms with van der Waals surface area (Å²) in [6, 6.07) is 19.4. The van der Waals surface area contributed by atoms with Crippen LogP contribution in [0.15, 0.2) is 60.8 Å². The van der Waals surface area contributed by atoms with Gasteiger partial charge in [-0.1, -0.05) is 35.5 Å². The molecule has 0 radical (unpaired) electrons. The molecule has 0 atom stereocenters. The molecule has 0 unspecified atom stereocenters. The summed E-state index contributed by atoms with van der Waals surface area (Å²) in [5.41, 5.74) is 3.08. The maximum atomic E-state index is 12.7. The highest BCUT2D eigenvalue weighted by molar-refractivity contribution is 5.92. The highest BCUT2D eigenvalue weighted by Gasteiger charge is 2.24. The first-order valence-corrected chi connectivity index (χ1v) is 9.21. The topological polar surface area (TPSA) is 78.0 Å². The predicted octanol–water partition coefficient (Wildman–Crippen LogP) is 2.10. The zero-order valence-electron chi connectivity index (χ0n) is 15.4. The molecule has 0 saturated carbocycles. The Morgan fingerprint density at radius 3 is 2.39 bits per heavy atom. The van der Waals surface area contributed by atoms with E-state index in [2.05, 4.69) is 21.3 Å². The maximum Gasteiger partial charge on any atom is 0.276 e. The fourth-order valence-electron chi connectivity index (χ4n) is 3.28. The van der Waals surface area contributed by atoms with E-state index in [9.17, 15) is 4.79 Å². The second kappa shape index (κ2) is 8.03. The minimum Gasteiger partial charge on any atom is -0.335 e. The van der Waals surface area contributed by atoms with Crippen molar-refractivity contribution in [1.29, 1.82) is 5.26 Å². The monoisotopic (exact) mass is 372 g/mol. The fraction of sp³-hybridized carbons (Fsp3) is 0.238. The first kappa shape index (κ1) is 17.9. The minimum absolute atomic E-state index is 0.0831. The zero-order chi connectivity index (χ0) is 19.3. The van der Waals surface area contributed by atoms with Crippen molar-refractivity contribution in [3.8, 4) is 11.8 Å². The molecular formula is C21H20N6O. The van der Waals surface area contributed by atoms with Gasteiger partial charge in [0.05, 0.1) is 23.5 Å². The molecule has 0 aliphatic carbocycles. The molecule has 1 aromatic heterocycles. The third-order valence-corrected chi connectivity index (χ3v) is 4.88. The van der Waals surface area contributed by atoms with Crippen LogP contribution in [0.25, 0.3) is 5.69 Å². The summed E-state index contributed by atoms with van der Waals surface area (Å²) < 4.78 is 1.62. The molecule has 7 heteroatoms. The Balaban J connectivity index is 1.34. The Labute approximate surface area is 163 Å². The average Bonchev–Trinajstić information content (AvgIpc) is 3.25. The summed E-state index contributed by atoms with van der Waals surface area (Å²) in [5, 5.41) is 17.0. The van der Waals surface area contributed by atoms with Gasteiger partial charge in [0.15, 0.2) is 5.69 Å². The second-order valence-corrected chi connectivity index (χ2v) is 6.76. The standard InChI is InChI=1S/C21H20N6O/c22-14-17-6-8-18(9-7-17)15-25-10-12-26(13-11-25)21(28)20-16-27(24-23-20)19-4-2-1-3-5-19/h1-9,16H,10-13,15H2. The molecular weight excluding hydrogens is 352 g/mol. The molecule has 1 aliphatic rings. The van der Waals surface area contributed by atoms with Crippen molar-refractivity contribution in [2.45, 2.75) is 6.54 Å². The summed E-state index contributed by atoms with van der Waals surface area (Å²) in [7, 11) is 0. The van der Waals surface area contributed by atoms with Gasteiger partial charge in [-0.15, -0.1) is 5.10 Å². The molecule has 1 aliphatic heterocycles. The van der Waals surface area contributed by atoms with E-state index in [1.54, 1.807) is 10.9 Å². The summed E-state index contributed by atoms with van der Waals surface area (Å²) in [6.45, 7) is 3.75. The molecule has 28 heavy (non-hydrogen) atoms. The van der Waals surface area contributed by atoms with E-state index in [1.807, 2.05) is 59.5 Å². The fourth-order valence-corrected chi connectivity index (χ4v) is 3.28. The number of nitrogens with zero attached hydrogens (tertiary/aromatic N) is 6. The number of hydrogen-bond donors (Lipinski definition) is 0. The Bertz CT molecular complexity index is 982. The van der Waals surface area contributed by atoms with Crippen LogP contribution < -0.4 is 0 Å². The van der Waals surface area contributed by atoms with E-state index in [-0.39, 0.29) is 5.91 Å². The molecule has 0 N–H and O–H groups in total. The maximum absolute atomic E-state index is 12.7. The summed E-state index contributed by atoms with van der Waals surface area (Å²) in [6.07, 6.45) is 1.68. The molecule has 1 fully saturated rings. The summed E-state index contributed by atoms with van der Waals surface area (Å²) in [4.78, 5) is 16.9. The van der Waals surface area contributed by atoms with Crippen LogP contribution in [0.4, 0.5) is 0 Å². The van der Waals surface area contributed by atoms with Gasteiger partial charge in [-0.05, 0) is 29.8 Å². The SMILES string of the molecule is N#Cc1ccc(CN2CCN(C(=O)c3cn(-c4ccccc4)nn3)CC2)cc1. The Hall–Kier alpha value is -3.50. The van der Waals surface area contributed by atoms with Crippen LogP contribution in [0.3, 0.4) is 0 Å². The van der Waals surface area contributed by atoms with Crippen LogP contribution in [-0.4, -0.2) is 56.9 Å². The first-order valence-electron chi connectivity index (χ1n) is 9.21. The largest absolute Gasteiger partial charge is 0.335 e. The van der Waals surface area contributed by atoms with Crippen LogP contribution in [0, 0.1) is 11.3 Å². The molecule has 1 amide bonds. The third-order valence-electron chi connectivity index (χ3n) is 4.88. The van der Waals surface area contributed by atoms with Gasteiger partial charge in [0.1, 0.15) is 0 Å². The molecule has 0 bridgehead atoms. The van der Waals surface area contributed by atoms with Crippen molar-refractivity contribution in [2.24, 2.45) is 0 Å². The zero-order valence-corrected chi connectivity index (χ0v) is 15.4. The summed E-state index contributed by atoms with van der Waals surface area (Å²) >= 11 is 0. The van der Waals surface area contributed by atoms with E-state index < -0.39 is 0 Å². The molecule has 4 rings (SSSR count). The van der Waals surface area contributed by atoms with E-state index >= 15 is 0 Å². The van der Waals surface area contributed by atoms with Gasteiger partial charge in [0, 0.05) is 32.7 Å². The number of para-hydroxylation sites is 1. The van der Waals surface area contributed by atoms with Crippen LogP contribution in [0.2, 0.25) is 0 Å². The molecule has 1 saturated heterocycles. The van der Waals surface area contributed by atoms with Crippen molar-refractivity contribution in [1.82, 2.24) is 24.8 Å². The number of carbonyl (C=O) groups is 1. The van der Waals surface area contributed by atoms with E-state index in [0.29, 0.717) is 24.3 Å². The molecule has 0 spiro atoms. The van der Waals surface area contributed by atoms with Crippen LogP contribution in [0.1, 0.15) is 21.6 Å². The van der Waals surface area contributed by atoms with E-state index in [4.69, 9.17) is 5.26 Å². The van der Waals surface area contributed by atoms with Crippen molar-refractivity contribution in [3.05, 3.63) is 77.6 Å². The van der Waals surface area contributed by atoms with Gasteiger partial charge in [0.2, 0.25) is 0 Å². The first-order chi connectivity index (χ1) is 13.7. The van der Waals surface area contributed by atoms with E-state index in [1.165, 1.54) is 5.56 Å². The number of hydrogen-bond acceptors (Lipinski definition) is 5. The number of aromatic nitrogens is 3. The average molecular weight is 372 g/mol. The quantitative estimate of drug-likeness (QED) is 0.701. The number of carbonyl (C=O) groups excluding carboxylic acids is 1. The third kappa shape index (κ3) is 3.92. The lowest BCUT2D eigenvalue weighted by Gasteiger charge is -2.34. The normalized spacial score (nSPS) is 14.6. The number of rotatable bonds is 4. The molecule has 7 nitrogen and oxygen atoms in total. The lowest BCUT2D eigenvalue weighted by atomic mass is 10.1. The number of benzene rings is 2. The smallest absolute Gasteiger partial charge is 0.276 e. The van der Waals surface area contributed by atoms with Gasteiger partial charge in [-0.25, -0.2) is 4.68 Å². The second-order valence-electron chi connectivity index (χ2n) is 6.76. The summed E-state index contributed by atoms with van der Waals surface area (Å²) in [5.74, 6) is -0.0831. The lowest BCUT2D eigenvalue weighted by Crippen LogP contribution is -2.48. The van der Waals surface area contributed by atoms with Crippen LogP contribution in [0.5, 0.6) is 0 Å². The Kier molecular flexibility index (Phi) is 5.13. The van der Waals surface area contributed by atoms with E-state index in [0.717, 1.165) is 25.3 Å². The highest BCUT2D eigenvalue weighted by Crippen LogP contribution is 2.12. The van der Waals surface area contributed by atoms with Gasteiger partial charge < -0.3 is 4.90 Å². The number of amides is 1. The number of piperazine rings is 1. The van der Waals surface area contributed by atoms with Crippen LogP contribution >= 0.6 is 0 Å². The Morgan fingerprint density at radius 1 is 1.00 bits per heavy atom. The molecule has 2 heterocycles. The van der Waals surface area contributed by atoms with Crippen molar-refractivity contribution >= 4 is 5.91 Å². The van der Waals surface area contributed by atoms with Gasteiger partial charge in [-0.3, -0.25) is 9.69 Å². The molecule has 3 aromatic rings. The molecule has 140 valence electrons. The van der Waals surface area contributed by atoms with Gasteiger partial charge in [0.25, 0.3) is 5.91 Å². The predicted molar refractivity (Wildman–Crippen MR) is 104 cm³/mol. The van der Waals surface area contributed by atoms with Crippen molar-refractivity contribution in [3.63, 3.8) is 0 Å². The van der Waals surface area contributed by atoms with Gasteiger partial charge >= 0.3 is 0 Å². The van der Waals surface area contributed by atoms with Crippen molar-refractivity contribution < 1.29 is 4.79 Å². The highest BCUT2D eigenvalue weighted by atomic mass is 16.2. The van der Waals surface area contributed by atoms with Gasteiger partial charge in [-0.2, -0.15) is 5.26 Å². The lowest BCUT2D eigenvalue weighted by molar-refractivity contribution is 0.0622. The minimum atomic E-state index is -0.0831. The Morgan fingerprint density at radius 2 is 1.71 bits per heavy atom. The van der Waals surface area contributed by atoms with Crippen molar-refractivity contribution in [2.75, 3.05) is 26.2 Å². The number of nitriles is 1.